The van der Waals surface area contributed by atoms with Crippen molar-refractivity contribution < 1.29 is 18.0 Å². The van der Waals surface area contributed by atoms with Crippen LogP contribution in [0.25, 0.3) is 11.1 Å². The van der Waals surface area contributed by atoms with E-state index in [1.54, 1.807) is 36.4 Å². The van der Waals surface area contributed by atoms with Crippen molar-refractivity contribution in [2.75, 3.05) is 5.32 Å². The maximum Gasteiger partial charge on any atom is 0.291 e. The van der Waals surface area contributed by atoms with Gasteiger partial charge >= 0.3 is 0 Å². The molecule has 3 nitrogen and oxygen atoms in total. The lowest BCUT2D eigenvalue weighted by atomic mass is 10.0. The maximum absolute atomic E-state index is 14.2. The Balaban J connectivity index is 2.03. The molecule has 0 fully saturated rings. The van der Waals surface area contributed by atoms with Crippen molar-refractivity contribution in [2.45, 2.75) is 0 Å². The molecule has 23 heavy (non-hydrogen) atoms. The van der Waals surface area contributed by atoms with E-state index in [9.17, 15) is 13.6 Å². The lowest BCUT2D eigenvalue weighted by Gasteiger charge is -2.12. The average molecular weight is 378 g/mol. The summed E-state index contributed by atoms with van der Waals surface area (Å²) in [5.74, 6) is -2.19. The fraction of sp³-hybridized carbons (Fsp3) is 0. The van der Waals surface area contributed by atoms with E-state index >= 15 is 0 Å². The summed E-state index contributed by atoms with van der Waals surface area (Å²) in [6.45, 7) is 0. The van der Waals surface area contributed by atoms with Gasteiger partial charge in [0, 0.05) is 11.6 Å². The second kappa shape index (κ2) is 6.34. The lowest BCUT2D eigenvalue weighted by Crippen LogP contribution is -2.13. The zero-order chi connectivity index (χ0) is 16.4. The smallest absolute Gasteiger partial charge is 0.291 e. The van der Waals surface area contributed by atoms with Gasteiger partial charge in [-0.25, -0.2) is 8.78 Å². The minimum atomic E-state index is -0.858. The summed E-state index contributed by atoms with van der Waals surface area (Å²) in [7, 11) is 0. The van der Waals surface area contributed by atoms with E-state index in [0.29, 0.717) is 10.2 Å². The van der Waals surface area contributed by atoms with Crippen LogP contribution in [0.1, 0.15) is 10.6 Å². The topological polar surface area (TPSA) is 42.2 Å². The summed E-state index contributed by atoms with van der Waals surface area (Å²) in [4.78, 5) is 12.2. The summed E-state index contributed by atoms with van der Waals surface area (Å²) in [6, 6.07) is 13.6. The van der Waals surface area contributed by atoms with E-state index < -0.39 is 17.5 Å². The molecule has 1 heterocycles. The molecule has 0 unspecified atom stereocenters. The first-order valence-electron chi connectivity index (χ1n) is 6.66. The van der Waals surface area contributed by atoms with Crippen LogP contribution in [0.3, 0.4) is 0 Å². The van der Waals surface area contributed by atoms with Gasteiger partial charge in [0.25, 0.3) is 5.91 Å². The molecule has 3 aromatic rings. The fourth-order valence-corrected chi connectivity index (χ4v) is 2.46. The number of halogens is 3. The molecule has 0 radical (unpaired) electrons. The van der Waals surface area contributed by atoms with Gasteiger partial charge in [0.15, 0.2) is 10.4 Å². The molecule has 3 rings (SSSR count). The van der Waals surface area contributed by atoms with E-state index in [1.807, 2.05) is 0 Å². The van der Waals surface area contributed by atoms with Crippen LogP contribution in [0.2, 0.25) is 0 Å². The molecular formula is C17H10BrF2NO2. The highest BCUT2D eigenvalue weighted by Crippen LogP contribution is 2.32. The van der Waals surface area contributed by atoms with E-state index in [0.717, 1.165) is 6.07 Å². The minimum Gasteiger partial charge on any atom is -0.444 e. The molecule has 1 N–H and O–H groups in total. The van der Waals surface area contributed by atoms with Crippen molar-refractivity contribution in [3.8, 4) is 11.1 Å². The summed E-state index contributed by atoms with van der Waals surface area (Å²) < 4.78 is 33.3. The Hall–Kier alpha value is -2.47. The van der Waals surface area contributed by atoms with Crippen molar-refractivity contribution in [3.05, 3.63) is 76.7 Å². The Morgan fingerprint density at radius 2 is 1.78 bits per heavy atom. The van der Waals surface area contributed by atoms with Gasteiger partial charge in [0.1, 0.15) is 11.6 Å². The summed E-state index contributed by atoms with van der Waals surface area (Å²) in [5.41, 5.74) is 0.735. The Morgan fingerprint density at radius 3 is 2.43 bits per heavy atom. The first kappa shape index (κ1) is 15.4. The molecular weight excluding hydrogens is 368 g/mol. The van der Waals surface area contributed by atoms with Crippen LogP contribution >= 0.6 is 15.9 Å². The molecule has 0 bridgehead atoms. The Morgan fingerprint density at radius 1 is 1.04 bits per heavy atom. The molecule has 0 saturated carbocycles. The van der Waals surface area contributed by atoms with Gasteiger partial charge in [-0.05, 0) is 39.7 Å². The molecule has 0 aliphatic heterocycles. The number of hydrogen-bond donors (Lipinski definition) is 1. The van der Waals surface area contributed by atoms with Crippen molar-refractivity contribution in [1.82, 2.24) is 0 Å². The number of carbonyl (C=O) groups excluding carboxylic acids is 1. The predicted molar refractivity (Wildman–Crippen MR) is 86.2 cm³/mol. The number of anilines is 1. The Labute approximate surface area is 139 Å². The number of amides is 1. The van der Waals surface area contributed by atoms with Crippen molar-refractivity contribution in [1.29, 1.82) is 0 Å². The largest absolute Gasteiger partial charge is 0.444 e. The van der Waals surface area contributed by atoms with Crippen LogP contribution in [-0.4, -0.2) is 5.91 Å². The number of rotatable bonds is 3. The zero-order valence-electron chi connectivity index (χ0n) is 11.6. The van der Waals surface area contributed by atoms with Crippen LogP contribution in [0, 0.1) is 11.6 Å². The molecule has 0 aliphatic rings. The lowest BCUT2D eigenvalue weighted by molar-refractivity contribution is 0.0995. The average Bonchev–Trinajstić information content (AvgIpc) is 2.97. The second-order valence-electron chi connectivity index (χ2n) is 4.73. The van der Waals surface area contributed by atoms with E-state index in [4.69, 9.17) is 4.42 Å². The first-order valence-corrected chi connectivity index (χ1v) is 7.45. The monoisotopic (exact) mass is 377 g/mol. The summed E-state index contributed by atoms with van der Waals surface area (Å²) >= 11 is 3.09. The van der Waals surface area contributed by atoms with Gasteiger partial charge in [-0.2, -0.15) is 0 Å². The number of carbonyl (C=O) groups is 1. The molecule has 0 aliphatic carbocycles. The van der Waals surface area contributed by atoms with Gasteiger partial charge in [0.05, 0.1) is 5.69 Å². The summed E-state index contributed by atoms with van der Waals surface area (Å²) in [6.07, 6.45) is 0. The van der Waals surface area contributed by atoms with Crippen LogP contribution in [0.15, 0.2) is 63.7 Å². The molecule has 0 saturated heterocycles. The van der Waals surface area contributed by atoms with Crippen LogP contribution in [0.4, 0.5) is 14.5 Å². The minimum absolute atomic E-state index is 0.0135. The summed E-state index contributed by atoms with van der Waals surface area (Å²) in [5, 5.41) is 2.44. The van der Waals surface area contributed by atoms with Gasteiger partial charge in [-0.1, -0.05) is 30.3 Å². The fourth-order valence-electron chi connectivity index (χ4n) is 2.16. The Kier molecular flexibility index (Phi) is 4.25. The number of benzene rings is 2. The molecule has 1 amide bonds. The molecule has 1 aromatic heterocycles. The van der Waals surface area contributed by atoms with Gasteiger partial charge in [-0.3, -0.25) is 4.79 Å². The molecule has 0 atom stereocenters. The van der Waals surface area contributed by atoms with Gasteiger partial charge in [-0.15, -0.1) is 0 Å². The van der Waals surface area contributed by atoms with Crippen LogP contribution in [0.5, 0.6) is 0 Å². The highest BCUT2D eigenvalue weighted by atomic mass is 79.9. The molecule has 116 valence electrons. The zero-order valence-corrected chi connectivity index (χ0v) is 13.2. The number of furan rings is 1. The van der Waals surface area contributed by atoms with Crippen LogP contribution < -0.4 is 5.32 Å². The van der Waals surface area contributed by atoms with E-state index in [2.05, 4.69) is 21.2 Å². The third-order valence-corrected chi connectivity index (χ3v) is 3.60. The third kappa shape index (κ3) is 3.32. The van der Waals surface area contributed by atoms with E-state index in [-0.39, 0.29) is 17.0 Å². The second-order valence-corrected chi connectivity index (χ2v) is 5.52. The normalized spacial score (nSPS) is 10.6. The number of hydrogen-bond acceptors (Lipinski definition) is 2. The number of nitrogens with one attached hydrogen (secondary N) is 1. The quantitative estimate of drug-likeness (QED) is 0.677. The van der Waals surface area contributed by atoms with Crippen molar-refractivity contribution >= 4 is 27.5 Å². The Bertz CT molecular complexity index is 862. The highest BCUT2D eigenvalue weighted by molar-refractivity contribution is 9.10. The first-order chi connectivity index (χ1) is 11.0. The van der Waals surface area contributed by atoms with Crippen LogP contribution in [-0.2, 0) is 0 Å². The third-order valence-electron chi connectivity index (χ3n) is 3.18. The van der Waals surface area contributed by atoms with Crippen molar-refractivity contribution in [3.63, 3.8) is 0 Å². The highest BCUT2D eigenvalue weighted by Gasteiger charge is 2.18. The molecule has 2 aromatic carbocycles. The van der Waals surface area contributed by atoms with Gasteiger partial charge < -0.3 is 9.73 Å². The predicted octanol–water partition coefficient (Wildman–Crippen LogP) is 5.24. The maximum atomic E-state index is 14.2. The molecule has 0 spiro atoms. The molecule has 6 heteroatoms. The van der Waals surface area contributed by atoms with E-state index in [1.165, 1.54) is 12.1 Å². The standard InChI is InChI=1S/C17H10BrF2NO2/c18-15-7-6-14(23-15)17(22)21-16-12(8-11(19)9-13(16)20)10-4-2-1-3-5-10/h1-9H,(H,21,22). The van der Waals surface area contributed by atoms with Crippen molar-refractivity contribution in [2.24, 2.45) is 0 Å². The SMILES string of the molecule is O=C(Nc1c(F)cc(F)cc1-c1ccccc1)c1ccc(Br)o1. The van der Waals surface area contributed by atoms with Gasteiger partial charge in [0.2, 0.25) is 0 Å².